The molecule has 3 nitrogen and oxygen atoms in total. The quantitative estimate of drug-likeness (QED) is 0.614. The van der Waals surface area contributed by atoms with Crippen molar-refractivity contribution in [2.24, 2.45) is 17.3 Å². The second-order valence-corrected chi connectivity index (χ2v) is 4.27. The minimum atomic E-state index is -0.730. The van der Waals surface area contributed by atoms with Crippen molar-refractivity contribution in [1.82, 2.24) is 0 Å². The topological polar surface area (TPSA) is 57.5 Å². The Kier molecular flexibility index (Phi) is 1.49. The summed E-state index contributed by atoms with van der Waals surface area (Å²) in [4.78, 5) is 11.0. The van der Waals surface area contributed by atoms with Crippen LogP contribution in [-0.2, 0) is 4.79 Å². The van der Waals surface area contributed by atoms with Gasteiger partial charge in [0.05, 0.1) is 11.5 Å². The zero-order chi connectivity index (χ0) is 8.93. The molecule has 0 amide bonds. The van der Waals surface area contributed by atoms with Gasteiger partial charge in [0.25, 0.3) is 0 Å². The van der Waals surface area contributed by atoms with Crippen LogP contribution in [0.3, 0.4) is 0 Å². The zero-order valence-electron chi connectivity index (χ0n) is 7.16. The fourth-order valence-corrected chi connectivity index (χ4v) is 3.03. The molecule has 0 aliphatic heterocycles. The fourth-order valence-electron chi connectivity index (χ4n) is 3.03. The van der Waals surface area contributed by atoms with Gasteiger partial charge < -0.3 is 10.2 Å². The molecule has 3 heteroatoms. The van der Waals surface area contributed by atoms with Gasteiger partial charge in [-0.15, -0.1) is 0 Å². The maximum atomic E-state index is 11.0. The van der Waals surface area contributed by atoms with Gasteiger partial charge in [0.2, 0.25) is 0 Å². The maximum absolute atomic E-state index is 11.0. The van der Waals surface area contributed by atoms with Crippen LogP contribution < -0.4 is 0 Å². The first-order chi connectivity index (χ1) is 5.56. The molecule has 0 heterocycles. The second kappa shape index (κ2) is 2.22. The highest BCUT2D eigenvalue weighted by Crippen LogP contribution is 2.57. The van der Waals surface area contributed by atoms with Gasteiger partial charge in [0, 0.05) is 5.92 Å². The van der Waals surface area contributed by atoms with E-state index in [4.69, 9.17) is 5.11 Å². The summed E-state index contributed by atoms with van der Waals surface area (Å²) in [5.41, 5.74) is -0.639. The number of carbonyl (C=O) groups is 1. The number of aliphatic hydroxyl groups excluding tert-OH is 1. The third-order valence-corrected chi connectivity index (χ3v) is 3.90. The van der Waals surface area contributed by atoms with Gasteiger partial charge in [-0.2, -0.15) is 0 Å². The zero-order valence-corrected chi connectivity index (χ0v) is 7.16. The molecule has 0 aromatic rings. The lowest BCUT2D eigenvalue weighted by Crippen LogP contribution is -2.34. The van der Waals surface area contributed by atoms with Crippen molar-refractivity contribution in [1.29, 1.82) is 0 Å². The normalized spacial score (nSPS) is 51.3. The minimum absolute atomic E-state index is 0.000000000000000222. The lowest BCUT2D eigenvalue weighted by Gasteiger charge is -2.24. The summed E-state index contributed by atoms with van der Waals surface area (Å²) in [6, 6.07) is 0. The Morgan fingerprint density at radius 3 is 2.42 bits per heavy atom. The largest absolute Gasteiger partial charge is 0.481 e. The van der Waals surface area contributed by atoms with E-state index in [1.807, 2.05) is 0 Å². The van der Waals surface area contributed by atoms with Crippen molar-refractivity contribution in [3.63, 3.8) is 0 Å². The van der Waals surface area contributed by atoms with E-state index >= 15 is 0 Å². The summed E-state index contributed by atoms with van der Waals surface area (Å²) in [5.74, 6) is -0.526. The number of rotatable bonds is 1. The van der Waals surface area contributed by atoms with Gasteiger partial charge in [-0.1, -0.05) is 0 Å². The third kappa shape index (κ3) is 0.724. The van der Waals surface area contributed by atoms with E-state index in [9.17, 15) is 9.90 Å². The van der Waals surface area contributed by atoms with Crippen LogP contribution in [0.2, 0.25) is 0 Å². The minimum Gasteiger partial charge on any atom is -0.481 e. The fraction of sp³-hybridized carbons (Fsp3) is 0.889. The maximum Gasteiger partial charge on any atom is 0.310 e. The molecule has 0 saturated heterocycles. The van der Waals surface area contributed by atoms with Gasteiger partial charge in [0.15, 0.2) is 0 Å². The molecule has 0 radical (unpaired) electrons. The first-order valence-electron chi connectivity index (χ1n) is 4.48. The predicted octanol–water partition coefficient (Wildman–Crippen LogP) is 0.868. The summed E-state index contributed by atoms with van der Waals surface area (Å²) in [6.07, 6.45) is 2.18. The molecule has 2 saturated carbocycles. The summed E-state index contributed by atoms with van der Waals surface area (Å²) in [5, 5.41) is 18.6. The number of carboxylic acid groups (broad SMARTS) is 1. The number of carboxylic acids is 1. The summed E-state index contributed by atoms with van der Waals surface area (Å²) < 4.78 is 0. The molecule has 2 aliphatic carbocycles. The molecule has 2 N–H and O–H groups in total. The second-order valence-electron chi connectivity index (χ2n) is 4.27. The molecule has 0 aromatic carbocycles. The number of hydrogen-bond donors (Lipinski definition) is 2. The molecule has 0 aromatic heterocycles. The van der Waals surface area contributed by atoms with Crippen LogP contribution in [0, 0.1) is 17.3 Å². The van der Waals surface area contributed by atoms with Gasteiger partial charge in [-0.25, -0.2) is 0 Å². The van der Waals surface area contributed by atoms with Gasteiger partial charge >= 0.3 is 5.97 Å². The van der Waals surface area contributed by atoms with Crippen molar-refractivity contribution < 1.29 is 15.0 Å². The first-order valence-corrected chi connectivity index (χ1v) is 4.48. The van der Waals surface area contributed by atoms with E-state index in [2.05, 4.69) is 0 Å². The van der Waals surface area contributed by atoms with Crippen molar-refractivity contribution in [3.05, 3.63) is 0 Å². The SMILES string of the molecule is CC1(C(=O)O)C2CCC1C(O)C2. The molecule has 4 atom stereocenters. The number of fused-ring (bicyclic) bond motifs is 2. The van der Waals surface area contributed by atoms with E-state index in [1.54, 1.807) is 6.92 Å². The summed E-state index contributed by atoms with van der Waals surface area (Å²) in [7, 11) is 0. The lowest BCUT2D eigenvalue weighted by molar-refractivity contribution is -0.151. The highest BCUT2D eigenvalue weighted by molar-refractivity contribution is 5.76. The Bertz CT molecular complexity index is 226. The molecule has 2 rings (SSSR count). The van der Waals surface area contributed by atoms with E-state index in [0.717, 1.165) is 12.8 Å². The van der Waals surface area contributed by atoms with E-state index in [1.165, 1.54) is 0 Å². The average molecular weight is 170 g/mol. The number of aliphatic hydroxyl groups is 1. The smallest absolute Gasteiger partial charge is 0.310 e. The summed E-state index contributed by atoms with van der Waals surface area (Å²) >= 11 is 0. The Balaban J connectivity index is 2.34. The Labute approximate surface area is 71.4 Å². The molecule has 68 valence electrons. The van der Waals surface area contributed by atoms with Gasteiger partial charge in [-0.3, -0.25) is 4.79 Å². The highest BCUT2D eigenvalue weighted by Gasteiger charge is 2.60. The van der Waals surface area contributed by atoms with E-state index < -0.39 is 11.4 Å². The van der Waals surface area contributed by atoms with Crippen LogP contribution >= 0.6 is 0 Å². The van der Waals surface area contributed by atoms with Crippen LogP contribution in [0.1, 0.15) is 26.2 Å². The Morgan fingerprint density at radius 2 is 2.17 bits per heavy atom. The van der Waals surface area contributed by atoms with Crippen molar-refractivity contribution in [2.45, 2.75) is 32.3 Å². The monoisotopic (exact) mass is 170 g/mol. The van der Waals surface area contributed by atoms with Crippen molar-refractivity contribution in [3.8, 4) is 0 Å². The molecule has 2 aliphatic rings. The van der Waals surface area contributed by atoms with Crippen molar-refractivity contribution in [2.75, 3.05) is 0 Å². The highest BCUT2D eigenvalue weighted by atomic mass is 16.4. The van der Waals surface area contributed by atoms with Crippen LogP contribution in [-0.4, -0.2) is 22.3 Å². The van der Waals surface area contributed by atoms with E-state index in [0.29, 0.717) is 6.42 Å². The molecule has 12 heavy (non-hydrogen) atoms. The first kappa shape index (κ1) is 8.05. The third-order valence-electron chi connectivity index (χ3n) is 3.90. The van der Waals surface area contributed by atoms with Gasteiger partial charge in [0.1, 0.15) is 0 Å². The van der Waals surface area contributed by atoms with Crippen LogP contribution in [0.25, 0.3) is 0 Å². The number of aliphatic carboxylic acids is 1. The molecule has 2 bridgehead atoms. The van der Waals surface area contributed by atoms with E-state index in [-0.39, 0.29) is 17.9 Å². The van der Waals surface area contributed by atoms with Crippen molar-refractivity contribution >= 4 is 5.97 Å². The lowest BCUT2D eigenvalue weighted by atomic mass is 9.79. The number of hydrogen-bond acceptors (Lipinski definition) is 2. The van der Waals surface area contributed by atoms with Gasteiger partial charge in [-0.05, 0) is 32.1 Å². The van der Waals surface area contributed by atoms with Crippen LogP contribution in [0.4, 0.5) is 0 Å². The van der Waals surface area contributed by atoms with Crippen LogP contribution in [0.15, 0.2) is 0 Å². The average Bonchev–Trinajstić information content (AvgIpc) is 2.42. The van der Waals surface area contributed by atoms with Crippen LogP contribution in [0.5, 0.6) is 0 Å². The molecule has 0 spiro atoms. The summed E-state index contributed by atoms with van der Waals surface area (Å²) in [6.45, 7) is 1.79. The Hall–Kier alpha value is -0.570. The standard InChI is InChI=1S/C9H14O3/c1-9(8(11)12)5-2-3-6(9)7(10)4-5/h5-7,10H,2-4H2,1H3,(H,11,12). The predicted molar refractivity (Wildman–Crippen MR) is 42.6 cm³/mol. The molecule has 2 fully saturated rings. The molecule has 4 unspecified atom stereocenters. The molecular formula is C9H14O3. The Morgan fingerprint density at radius 1 is 1.50 bits per heavy atom. The molecular weight excluding hydrogens is 156 g/mol.